The molecule has 0 radical (unpaired) electrons. The second kappa shape index (κ2) is 21.1. The van der Waals surface area contributed by atoms with Crippen molar-refractivity contribution in [2.45, 2.75) is 49.3 Å². The van der Waals surface area contributed by atoms with Crippen LogP contribution in [0.4, 0.5) is 28.4 Å². The Labute approximate surface area is 545 Å². The second-order valence-corrected chi connectivity index (χ2v) is 27.4. The molecule has 2 aliphatic heterocycles. The zero-order valence-electron chi connectivity index (χ0n) is 50.5. The van der Waals surface area contributed by atoms with Crippen molar-refractivity contribution in [1.82, 2.24) is 0 Å². The van der Waals surface area contributed by atoms with E-state index < -0.39 is 10.8 Å². The zero-order valence-corrected chi connectivity index (χ0v) is 52.1. The van der Waals surface area contributed by atoms with Crippen LogP contribution in [0.5, 0.6) is 0 Å². The number of allylic oxidation sites excluding steroid dienone is 4. The van der Waals surface area contributed by atoms with Crippen LogP contribution >= 0.6 is 23.5 Å². The molecule has 434 valence electrons. The van der Waals surface area contributed by atoms with Gasteiger partial charge < -0.3 is 9.80 Å². The maximum Gasteiger partial charge on any atom is 0.0713 e. The number of para-hydroxylation sites is 4. The zero-order chi connectivity index (χ0) is 60.5. The Kier molecular flexibility index (Phi) is 12.3. The molecule has 6 aliphatic rings. The number of nitrogens with zero attached hydrogens (tertiary/aromatic N) is 2. The number of rotatable bonds is 8. The number of hydrogen-bond donors (Lipinski definition) is 0. The highest BCUT2D eigenvalue weighted by molar-refractivity contribution is 8.00. The summed E-state index contributed by atoms with van der Waals surface area (Å²) >= 11 is 3.74. The Hall–Kier alpha value is -10.4. The molecule has 2 nitrogen and oxygen atoms in total. The molecule has 0 N–H and O–H groups in total. The van der Waals surface area contributed by atoms with Crippen LogP contribution in [0.1, 0.15) is 51.8 Å². The lowest BCUT2D eigenvalue weighted by Crippen LogP contribution is -2.41. The van der Waals surface area contributed by atoms with Gasteiger partial charge in [0.2, 0.25) is 0 Å². The van der Waals surface area contributed by atoms with Crippen LogP contribution in [0, 0.1) is 5.92 Å². The van der Waals surface area contributed by atoms with E-state index in [1.807, 2.05) is 23.5 Å². The second-order valence-electron chi connectivity index (χ2n) is 25.2. The molecule has 4 heteroatoms. The number of anilines is 5. The third-order valence-electron chi connectivity index (χ3n) is 20.7. The van der Waals surface area contributed by atoms with Crippen molar-refractivity contribution >= 4 is 74.9 Å². The van der Waals surface area contributed by atoms with Gasteiger partial charge in [-0.1, -0.05) is 278 Å². The van der Waals surface area contributed by atoms with Crippen LogP contribution in [-0.2, 0) is 10.8 Å². The molecule has 19 rings (SSSR count). The summed E-state index contributed by atoms with van der Waals surface area (Å²) in [5.41, 5.74) is 24.2. The van der Waals surface area contributed by atoms with Crippen molar-refractivity contribution in [1.29, 1.82) is 0 Å². The molecule has 0 aromatic heterocycles. The van der Waals surface area contributed by atoms with E-state index in [1.54, 1.807) is 0 Å². The maximum absolute atomic E-state index is 2.67. The van der Waals surface area contributed by atoms with Crippen LogP contribution in [0.15, 0.2) is 335 Å². The van der Waals surface area contributed by atoms with Crippen molar-refractivity contribution < 1.29 is 0 Å². The Morgan fingerprint density at radius 3 is 1.46 bits per heavy atom. The first-order chi connectivity index (χ1) is 45.6. The summed E-state index contributed by atoms with van der Waals surface area (Å²) in [6.45, 7) is 0. The van der Waals surface area contributed by atoms with Crippen molar-refractivity contribution in [3.63, 3.8) is 0 Å². The molecule has 13 aromatic rings. The minimum absolute atomic E-state index is 0.00863. The molecular formula is C88H60N2S2. The van der Waals surface area contributed by atoms with Crippen molar-refractivity contribution in [2.75, 3.05) is 9.80 Å². The molecule has 0 spiro atoms. The molecular weight excluding hydrogens is 1150 g/mol. The molecule has 3 unspecified atom stereocenters. The molecule has 0 saturated carbocycles. The fourth-order valence-corrected chi connectivity index (χ4v) is 19.1. The van der Waals surface area contributed by atoms with E-state index in [0.717, 1.165) is 18.5 Å². The number of hydrogen-bond acceptors (Lipinski definition) is 4. The Morgan fingerprint density at radius 1 is 0.359 bits per heavy atom. The van der Waals surface area contributed by atoms with Gasteiger partial charge in [0.15, 0.2) is 0 Å². The van der Waals surface area contributed by atoms with Gasteiger partial charge in [0.1, 0.15) is 0 Å². The fraction of sp³-hybridized carbons (Fsp3) is 0.0682. The van der Waals surface area contributed by atoms with E-state index in [0.29, 0.717) is 0 Å². The molecule has 4 aliphatic carbocycles. The van der Waals surface area contributed by atoms with Gasteiger partial charge in [-0.2, -0.15) is 0 Å². The summed E-state index contributed by atoms with van der Waals surface area (Å²) in [5, 5.41) is 4.97. The first-order valence-corrected chi connectivity index (χ1v) is 33.9. The Morgan fingerprint density at radius 2 is 0.848 bits per heavy atom. The van der Waals surface area contributed by atoms with Gasteiger partial charge in [-0.25, -0.2) is 0 Å². The normalized spacial score (nSPS) is 18.0. The van der Waals surface area contributed by atoms with Crippen LogP contribution in [-0.4, -0.2) is 6.04 Å². The van der Waals surface area contributed by atoms with Crippen LogP contribution in [0.3, 0.4) is 0 Å². The lowest BCUT2D eigenvalue weighted by molar-refractivity contribution is 0.457. The summed E-state index contributed by atoms with van der Waals surface area (Å²) < 4.78 is 0. The van der Waals surface area contributed by atoms with E-state index in [2.05, 4.69) is 337 Å². The standard InChI is InChI=1S/C88H60N2S2/c1-5-25-59(26-6-1)87(60-27-7-2-8-28-60)73-35-15-13-33-65(73)67-49-45-57(53-75(67)87)85-69-51-47-64(90-79-39-19-23-43-83(79)92-84-44-24-20-40-80(84)90)56-72(69)86(70-52-48-63(55-71(70)85)89-77-37-17-21-41-81(77)91-82-42-22-18-38-78(82)89)58-46-50-68-66-34-14-16-36-74(66)88(76(68)54-58,61-29-9-3-10-30-61)62-31-11-4-12-32-62/h1-31,33-47,49-56,62-63H,32,48H2. The SMILES string of the molecule is C1=CCC(C2(c3ccccc3)c3ccccc3-c3ccc(-c4c5c(c(-c6ccc7c(c6)C(c6ccccc6)(c6ccccc6)c6ccccc6-7)c6ccc(N7c8ccccc8Sc8ccccc87)cc46)=CC(N4c6ccccc6Sc6ccccc64)CC=5)cc32)C=C1. The monoisotopic (exact) mass is 1210 g/mol. The lowest BCUT2D eigenvalue weighted by atomic mass is 9.62. The molecule has 0 saturated heterocycles. The Bertz CT molecular complexity index is 5270. The molecule has 13 aromatic carbocycles. The van der Waals surface area contributed by atoms with Crippen LogP contribution < -0.4 is 20.2 Å². The highest BCUT2D eigenvalue weighted by Gasteiger charge is 2.50. The first kappa shape index (κ1) is 53.5. The van der Waals surface area contributed by atoms with Gasteiger partial charge >= 0.3 is 0 Å². The largest absolute Gasteiger partial charge is 0.332 e. The van der Waals surface area contributed by atoms with Gasteiger partial charge in [-0.05, 0) is 196 Å². The summed E-state index contributed by atoms with van der Waals surface area (Å²) in [5.74, 6) is 0.184. The maximum atomic E-state index is 2.67. The number of benzene rings is 13. The summed E-state index contributed by atoms with van der Waals surface area (Å²) in [6.07, 6.45) is 16.4. The summed E-state index contributed by atoms with van der Waals surface area (Å²) in [6, 6.07) is 111. The quantitative estimate of drug-likeness (QED) is 0.150. The fourth-order valence-electron chi connectivity index (χ4n) is 17.0. The average molecular weight is 1210 g/mol. The van der Waals surface area contributed by atoms with E-state index >= 15 is 0 Å². The lowest BCUT2D eigenvalue weighted by Gasteiger charge is -2.40. The minimum Gasteiger partial charge on any atom is -0.332 e. The van der Waals surface area contributed by atoms with Crippen molar-refractivity contribution in [3.8, 4) is 44.5 Å². The smallest absolute Gasteiger partial charge is 0.0713 e. The molecule has 0 fully saturated rings. The van der Waals surface area contributed by atoms with Gasteiger partial charge in [0.05, 0.1) is 39.6 Å². The van der Waals surface area contributed by atoms with Crippen molar-refractivity contribution in [3.05, 3.63) is 365 Å². The topological polar surface area (TPSA) is 6.48 Å². The molecule has 0 bridgehead atoms. The summed E-state index contributed by atoms with van der Waals surface area (Å²) in [7, 11) is 0. The summed E-state index contributed by atoms with van der Waals surface area (Å²) in [4.78, 5) is 10.2. The van der Waals surface area contributed by atoms with E-state index in [9.17, 15) is 0 Å². The highest BCUT2D eigenvalue weighted by Crippen LogP contribution is 2.61. The minimum atomic E-state index is -0.589. The van der Waals surface area contributed by atoms with E-state index in [-0.39, 0.29) is 12.0 Å². The number of fused-ring (bicyclic) bond motifs is 12. The van der Waals surface area contributed by atoms with E-state index in [1.165, 1.54) is 147 Å². The van der Waals surface area contributed by atoms with Gasteiger partial charge in [0, 0.05) is 25.3 Å². The molecule has 2 heterocycles. The highest BCUT2D eigenvalue weighted by atomic mass is 32.2. The first-order valence-electron chi connectivity index (χ1n) is 32.3. The molecule has 3 atom stereocenters. The Balaban J connectivity index is 0.947. The molecule has 0 amide bonds. The van der Waals surface area contributed by atoms with Crippen LogP contribution in [0.25, 0.3) is 67.4 Å². The van der Waals surface area contributed by atoms with Gasteiger partial charge in [-0.15, -0.1) is 0 Å². The average Bonchev–Trinajstić information content (AvgIpc) is 1.49. The predicted molar refractivity (Wildman–Crippen MR) is 385 cm³/mol. The third-order valence-corrected chi connectivity index (χ3v) is 22.9. The predicted octanol–water partition coefficient (Wildman–Crippen LogP) is 21.6. The molecule has 92 heavy (non-hydrogen) atoms. The van der Waals surface area contributed by atoms with E-state index in [4.69, 9.17) is 0 Å². The van der Waals surface area contributed by atoms with Gasteiger partial charge in [-0.3, -0.25) is 0 Å². The third kappa shape index (κ3) is 7.78. The van der Waals surface area contributed by atoms with Crippen LogP contribution in [0.2, 0.25) is 0 Å². The van der Waals surface area contributed by atoms with Gasteiger partial charge in [0.25, 0.3) is 0 Å². The van der Waals surface area contributed by atoms with Crippen molar-refractivity contribution in [2.24, 2.45) is 5.92 Å².